The molecule has 0 aliphatic rings. The molecule has 0 bridgehead atoms. The third-order valence-electron chi connectivity index (χ3n) is 2.58. The van der Waals surface area contributed by atoms with Crippen LogP contribution < -0.4 is 10.2 Å². The van der Waals surface area contributed by atoms with Gasteiger partial charge in [0, 0.05) is 29.9 Å². The molecule has 2 heterocycles. The van der Waals surface area contributed by atoms with Crippen LogP contribution in [0.15, 0.2) is 17.5 Å². The molecule has 19 heavy (non-hydrogen) atoms. The van der Waals surface area contributed by atoms with E-state index in [-0.39, 0.29) is 0 Å². The van der Waals surface area contributed by atoms with Crippen molar-refractivity contribution in [2.75, 3.05) is 11.9 Å². The van der Waals surface area contributed by atoms with Gasteiger partial charge < -0.3 is 10.2 Å². The maximum absolute atomic E-state index is 5.94. The molecule has 0 unspecified atom stereocenters. The number of anilines is 1. The van der Waals surface area contributed by atoms with Gasteiger partial charge in [-0.15, -0.1) is 22.7 Å². The van der Waals surface area contributed by atoms with Crippen LogP contribution in [0.2, 0.25) is 4.34 Å². The summed E-state index contributed by atoms with van der Waals surface area (Å²) in [4.78, 5) is 8.05. The summed E-state index contributed by atoms with van der Waals surface area (Å²) in [7, 11) is 2.06. The monoisotopic (exact) mass is 315 g/mol. The van der Waals surface area contributed by atoms with Crippen LogP contribution in [0, 0.1) is 0 Å². The molecule has 0 radical (unpaired) electrons. The number of thiophene rings is 1. The first-order valence-electron chi connectivity index (χ1n) is 6.17. The lowest BCUT2D eigenvalue weighted by Crippen LogP contribution is -2.22. The van der Waals surface area contributed by atoms with E-state index in [2.05, 4.69) is 47.5 Å². The van der Waals surface area contributed by atoms with E-state index in [1.54, 1.807) is 22.7 Å². The number of thiazole rings is 1. The lowest BCUT2D eigenvalue weighted by atomic mass is 10.4. The average molecular weight is 316 g/mol. The second-order valence-corrected chi connectivity index (χ2v) is 7.36. The summed E-state index contributed by atoms with van der Waals surface area (Å²) in [5.41, 5.74) is 1.10. The molecule has 0 fully saturated rings. The van der Waals surface area contributed by atoms with E-state index in [1.807, 2.05) is 6.07 Å². The predicted molar refractivity (Wildman–Crippen MR) is 85.5 cm³/mol. The summed E-state index contributed by atoms with van der Waals surface area (Å²) in [5.74, 6) is 0. The Hall–Kier alpha value is -0.620. The zero-order chi connectivity index (χ0) is 13.8. The number of nitrogens with zero attached hydrogens (tertiary/aromatic N) is 2. The van der Waals surface area contributed by atoms with Crippen molar-refractivity contribution in [1.82, 2.24) is 10.3 Å². The Labute approximate surface area is 127 Å². The highest BCUT2D eigenvalue weighted by atomic mass is 35.5. The Morgan fingerprint density at radius 2 is 2.21 bits per heavy atom. The van der Waals surface area contributed by atoms with Gasteiger partial charge in [-0.1, -0.05) is 25.4 Å². The molecule has 6 heteroatoms. The quantitative estimate of drug-likeness (QED) is 0.873. The molecule has 2 rings (SSSR count). The molecule has 2 aromatic rings. The van der Waals surface area contributed by atoms with Crippen molar-refractivity contribution in [3.63, 3.8) is 0 Å². The van der Waals surface area contributed by atoms with E-state index >= 15 is 0 Å². The summed E-state index contributed by atoms with van der Waals surface area (Å²) >= 11 is 9.25. The van der Waals surface area contributed by atoms with E-state index in [0.717, 1.165) is 28.3 Å². The minimum absolute atomic E-state index is 0.483. The largest absolute Gasteiger partial charge is 0.346 e. The van der Waals surface area contributed by atoms with Gasteiger partial charge in [0.1, 0.15) is 0 Å². The van der Waals surface area contributed by atoms with Gasteiger partial charge in [-0.05, 0) is 12.1 Å². The molecule has 0 saturated carbocycles. The number of hydrogen-bond donors (Lipinski definition) is 1. The van der Waals surface area contributed by atoms with Crippen LogP contribution >= 0.6 is 34.3 Å². The zero-order valence-corrected chi connectivity index (χ0v) is 13.7. The van der Waals surface area contributed by atoms with Gasteiger partial charge in [-0.25, -0.2) is 4.98 Å². The fourth-order valence-electron chi connectivity index (χ4n) is 1.60. The number of rotatable bonds is 6. The molecule has 0 atom stereocenters. The third kappa shape index (κ3) is 4.45. The Morgan fingerprint density at radius 3 is 2.84 bits per heavy atom. The van der Waals surface area contributed by atoms with Gasteiger partial charge in [-0.3, -0.25) is 0 Å². The van der Waals surface area contributed by atoms with Crippen molar-refractivity contribution in [3.8, 4) is 0 Å². The number of hydrogen-bond acceptors (Lipinski definition) is 5. The maximum atomic E-state index is 5.94. The first-order chi connectivity index (χ1) is 9.04. The Kier molecular flexibility index (Phi) is 5.21. The van der Waals surface area contributed by atoms with Gasteiger partial charge in [0.25, 0.3) is 0 Å². The summed E-state index contributed by atoms with van der Waals surface area (Å²) in [6, 6.07) is 4.49. The van der Waals surface area contributed by atoms with Gasteiger partial charge in [0.2, 0.25) is 0 Å². The Balaban J connectivity index is 1.94. The lowest BCUT2D eigenvalue weighted by molar-refractivity contribution is 0.583. The molecular formula is C13H18ClN3S2. The third-order valence-corrected chi connectivity index (χ3v) is 4.80. The summed E-state index contributed by atoms with van der Waals surface area (Å²) < 4.78 is 0.837. The maximum Gasteiger partial charge on any atom is 0.185 e. The summed E-state index contributed by atoms with van der Waals surface area (Å²) in [6.07, 6.45) is 0. The molecule has 0 amide bonds. The van der Waals surface area contributed by atoms with Crippen molar-refractivity contribution < 1.29 is 0 Å². The predicted octanol–water partition coefficient (Wildman–Crippen LogP) is 3.99. The normalized spacial score (nSPS) is 11.2. The van der Waals surface area contributed by atoms with Crippen LogP contribution in [-0.4, -0.2) is 18.1 Å². The molecule has 3 nitrogen and oxygen atoms in total. The standard InChI is InChI=1S/C13H18ClN3S2/c1-9(2)15-6-10-8-18-13(16-10)17(3)7-11-4-5-12(14)19-11/h4-5,8-9,15H,6-7H2,1-3H3. The van der Waals surface area contributed by atoms with Crippen LogP contribution in [0.3, 0.4) is 0 Å². The van der Waals surface area contributed by atoms with Gasteiger partial charge in [-0.2, -0.15) is 0 Å². The molecule has 0 saturated heterocycles. The molecule has 0 aliphatic heterocycles. The van der Waals surface area contributed by atoms with Crippen molar-refractivity contribution in [2.45, 2.75) is 33.0 Å². The van der Waals surface area contributed by atoms with Crippen molar-refractivity contribution in [3.05, 3.63) is 32.4 Å². The number of halogens is 1. The number of nitrogens with one attached hydrogen (secondary N) is 1. The van der Waals surface area contributed by atoms with E-state index in [0.29, 0.717) is 6.04 Å². The minimum Gasteiger partial charge on any atom is -0.346 e. The first kappa shape index (κ1) is 14.8. The van der Waals surface area contributed by atoms with E-state index < -0.39 is 0 Å². The highest BCUT2D eigenvalue weighted by Gasteiger charge is 2.09. The molecule has 2 aromatic heterocycles. The molecule has 104 valence electrons. The van der Waals surface area contributed by atoms with Gasteiger partial charge in [0.05, 0.1) is 16.6 Å². The molecule has 0 aromatic carbocycles. The first-order valence-corrected chi connectivity index (χ1v) is 8.25. The van der Waals surface area contributed by atoms with E-state index in [9.17, 15) is 0 Å². The summed E-state index contributed by atoms with van der Waals surface area (Å²) in [5, 5.41) is 6.54. The minimum atomic E-state index is 0.483. The van der Waals surface area contributed by atoms with Crippen LogP contribution in [0.25, 0.3) is 0 Å². The SMILES string of the molecule is CC(C)NCc1csc(N(C)Cc2ccc(Cl)s2)n1. The highest BCUT2D eigenvalue weighted by molar-refractivity contribution is 7.16. The van der Waals surface area contributed by atoms with Crippen LogP contribution in [0.4, 0.5) is 5.13 Å². The summed E-state index contributed by atoms with van der Waals surface area (Å²) in [6.45, 7) is 5.95. The fraction of sp³-hybridized carbons (Fsp3) is 0.462. The second-order valence-electron chi connectivity index (χ2n) is 4.72. The highest BCUT2D eigenvalue weighted by Crippen LogP contribution is 2.26. The topological polar surface area (TPSA) is 28.2 Å². The van der Waals surface area contributed by atoms with Crippen LogP contribution in [-0.2, 0) is 13.1 Å². The molecular weight excluding hydrogens is 298 g/mol. The van der Waals surface area contributed by atoms with Crippen molar-refractivity contribution in [1.29, 1.82) is 0 Å². The van der Waals surface area contributed by atoms with Gasteiger partial charge >= 0.3 is 0 Å². The lowest BCUT2D eigenvalue weighted by Gasteiger charge is -2.14. The van der Waals surface area contributed by atoms with Gasteiger partial charge in [0.15, 0.2) is 5.13 Å². The fourth-order valence-corrected chi connectivity index (χ4v) is 3.53. The van der Waals surface area contributed by atoms with E-state index in [4.69, 9.17) is 11.6 Å². The molecule has 0 spiro atoms. The van der Waals surface area contributed by atoms with Crippen molar-refractivity contribution >= 4 is 39.4 Å². The number of aromatic nitrogens is 1. The Morgan fingerprint density at radius 1 is 1.42 bits per heavy atom. The smallest absolute Gasteiger partial charge is 0.185 e. The second kappa shape index (κ2) is 6.70. The zero-order valence-electron chi connectivity index (χ0n) is 11.3. The van der Waals surface area contributed by atoms with Crippen molar-refractivity contribution in [2.24, 2.45) is 0 Å². The molecule has 1 N–H and O–H groups in total. The Bertz CT molecular complexity index is 521. The van der Waals surface area contributed by atoms with Crippen LogP contribution in [0.5, 0.6) is 0 Å². The molecule has 0 aliphatic carbocycles. The van der Waals surface area contributed by atoms with E-state index in [1.165, 1.54) is 4.88 Å². The van der Waals surface area contributed by atoms with Crippen LogP contribution in [0.1, 0.15) is 24.4 Å². The average Bonchev–Trinajstić information content (AvgIpc) is 2.95.